The fourth-order valence-electron chi connectivity index (χ4n) is 3.37. The van der Waals surface area contributed by atoms with E-state index in [-0.39, 0.29) is 11.8 Å². The lowest BCUT2D eigenvalue weighted by molar-refractivity contribution is 0.329. The molecule has 2 aromatic carbocycles. The number of sulfonamides is 1. The molecule has 1 aromatic heterocycles. The highest BCUT2D eigenvalue weighted by atomic mass is 32.2. The Morgan fingerprint density at radius 2 is 1.73 bits per heavy atom. The molecule has 0 unspecified atom stereocenters. The minimum atomic E-state index is -3.27. The minimum absolute atomic E-state index is 0.0650. The van der Waals surface area contributed by atoms with Gasteiger partial charge in [-0.3, -0.25) is 0 Å². The fourth-order valence-corrected chi connectivity index (χ4v) is 4.93. The molecule has 26 heavy (non-hydrogen) atoms. The van der Waals surface area contributed by atoms with Crippen molar-refractivity contribution in [1.29, 1.82) is 0 Å². The second-order valence-electron chi connectivity index (χ2n) is 6.66. The Morgan fingerprint density at radius 1 is 1.04 bits per heavy atom. The number of aromatic nitrogens is 2. The van der Waals surface area contributed by atoms with E-state index in [1.807, 2.05) is 54.6 Å². The minimum Gasteiger partial charge on any atom is -0.353 e. The van der Waals surface area contributed by atoms with Crippen LogP contribution in [0.3, 0.4) is 0 Å². The van der Waals surface area contributed by atoms with E-state index in [2.05, 4.69) is 15.3 Å². The third-order valence-corrected chi connectivity index (χ3v) is 6.62. The Morgan fingerprint density at radius 3 is 2.46 bits per heavy atom. The van der Waals surface area contributed by atoms with Crippen LogP contribution in [-0.4, -0.2) is 41.8 Å². The molecule has 1 fully saturated rings. The third-order valence-electron chi connectivity index (χ3n) is 4.77. The molecule has 136 valence electrons. The maximum Gasteiger partial charge on any atom is 0.218 e. The number of nitrogens with one attached hydrogen (secondary N) is 2. The first kappa shape index (κ1) is 17.1. The van der Waals surface area contributed by atoms with Crippen LogP contribution in [0.25, 0.3) is 11.0 Å². The van der Waals surface area contributed by atoms with Gasteiger partial charge in [-0.05, 0) is 30.5 Å². The number of imidazole rings is 1. The van der Waals surface area contributed by atoms with Gasteiger partial charge < -0.3 is 10.3 Å². The van der Waals surface area contributed by atoms with Gasteiger partial charge >= 0.3 is 0 Å². The SMILES string of the molecule is O=S(=O)(Cc1ccccc1)N1CCC(Nc2nc3ccccc3[nH]2)CC1. The molecule has 1 saturated heterocycles. The van der Waals surface area contributed by atoms with E-state index in [4.69, 9.17) is 0 Å². The van der Waals surface area contributed by atoms with Crippen molar-refractivity contribution in [2.45, 2.75) is 24.6 Å². The standard InChI is InChI=1S/C19H22N4O2S/c24-26(25,14-15-6-2-1-3-7-15)23-12-10-16(11-13-23)20-19-21-17-8-4-5-9-18(17)22-19/h1-9,16H,10-14H2,(H2,20,21,22). The molecule has 0 saturated carbocycles. The number of hydrogen-bond donors (Lipinski definition) is 2. The first-order chi connectivity index (χ1) is 12.6. The molecule has 0 amide bonds. The van der Waals surface area contributed by atoms with Crippen molar-refractivity contribution in [3.8, 4) is 0 Å². The summed E-state index contributed by atoms with van der Waals surface area (Å²) >= 11 is 0. The van der Waals surface area contributed by atoms with Crippen molar-refractivity contribution < 1.29 is 8.42 Å². The Labute approximate surface area is 153 Å². The van der Waals surface area contributed by atoms with Crippen molar-refractivity contribution >= 4 is 27.0 Å². The molecule has 6 nitrogen and oxygen atoms in total. The highest BCUT2D eigenvalue weighted by Gasteiger charge is 2.28. The molecule has 2 N–H and O–H groups in total. The number of rotatable bonds is 5. The van der Waals surface area contributed by atoms with Crippen molar-refractivity contribution in [1.82, 2.24) is 14.3 Å². The van der Waals surface area contributed by atoms with Crippen molar-refractivity contribution in [2.75, 3.05) is 18.4 Å². The highest BCUT2D eigenvalue weighted by molar-refractivity contribution is 7.88. The van der Waals surface area contributed by atoms with Gasteiger partial charge in [0.1, 0.15) is 0 Å². The number of piperidine rings is 1. The summed E-state index contributed by atoms with van der Waals surface area (Å²) in [5.74, 6) is 0.812. The number of nitrogens with zero attached hydrogens (tertiary/aromatic N) is 2. The zero-order valence-corrected chi connectivity index (χ0v) is 15.2. The van der Waals surface area contributed by atoms with Crippen molar-refractivity contribution in [2.24, 2.45) is 0 Å². The van der Waals surface area contributed by atoms with Gasteiger partial charge in [0.2, 0.25) is 16.0 Å². The topological polar surface area (TPSA) is 78.1 Å². The molecule has 0 aliphatic carbocycles. The summed E-state index contributed by atoms with van der Waals surface area (Å²) in [7, 11) is -3.27. The van der Waals surface area contributed by atoms with E-state index < -0.39 is 10.0 Å². The Kier molecular flexibility index (Phi) is 4.65. The summed E-state index contributed by atoms with van der Waals surface area (Å²) in [6.45, 7) is 1.07. The van der Waals surface area contributed by atoms with Crippen LogP contribution >= 0.6 is 0 Å². The molecule has 3 aromatic rings. The van der Waals surface area contributed by atoms with E-state index >= 15 is 0 Å². The van der Waals surface area contributed by atoms with E-state index in [0.29, 0.717) is 13.1 Å². The van der Waals surface area contributed by atoms with Gasteiger partial charge in [-0.1, -0.05) is 42.5 Å². The van der Waals surface area contributed by atoms with Gasteiger partial charge in [0, 0.05) is 19.1 Å². The number of anilines is 1. The van der Waals surface area contributed by atoms with Crippen LogP contribution in [0.5, 0.6) is 0 Å². The van der Waals surface area contributed by atoms with Crippen LogP contribution in [0, 0.1) is 0 Å². The highest BCUT2D eigenvalue weighted by Crippen LogP contribution is 2.21. The molecular formula is C19H22N4O2S. The molecule has 4 rings (SSSR count). The molecule has 0 radical (unpaired) electrons. The van der Waals surface area contributed by atoms with E-state index in [1.54, 1.807) is 4.31 Å². The largest absolute Gasteiger partial charge is 0.353 e. The van der Waals surface area contributed by atoms with Crippen molar-refractivity contribution in [3.63, 3.8) is 0 Å². The number of H-pyrrole nitrogens is 1. The molecule has 2 heterocycles. The second-order valence-corrected chi connectivity index (χ2v) is 8.63. The van der Waals surface area contributed by atoms with Crippen LogP contribution in [0.15, 0.2) is 54.6 Å². The first-order valence-electron chi connectivity index (χ1n) is 8.83. The molecule has 0 bridgehead atoms. The Hall–Kier alpha value is -2.38. The van der Waals surface area contributed by atoms with Gasteiger partial charge in [0.25, 0.3) is 0 Å². The lowest BCUT2D eigenvalue weighted by atomic mass is 10.1. The summed E-state index contributed by atoms with van der Waals surface area (Å²) in [5.41, 5.74) is 2.76. The number of aromatic amines is 1. The number of benzene rings is 2. The van der Waals surface area contributed by atoms with Gasteiger partial charge in [-0.15, -0.1) is 0 Å². The predicted molar refractivity (Wildman–Crippen MR) is 103 cm³/mol. The zero-order valence-electron chi connectivity index (χ0n) is 14.4. The molecule has 7 heteroatoms. The fraction of sp³-hybridized carbons (Fsp3) is 0.316. The molecular weight excluding hydrogens is 348 g/mol. The summed E-state index contributed by atoms with van der Waals surface area (Å²) in [5, 5.41) is 3.40. The number of para-hydroxylation sites is 2. The summed E-state index contributed by atoms with van der Waals surface area (Å²) in [6.07, 6.45) is 1.54. The van der Waals surface area contributed by atoms with Gasteiger partial charge in [-0.2, -0.15) is 0 Å². The zero-order chi connectivity index (χ0) is 18.0. The molecule has 1 aliphatic rings. The van der Waals surface area contributed by atoms with E-state index in [0.717, 1.165) is 35.4 Å². The summed E-state index contributed by atoms with van der Waals surface area (Å²) in [6, 6.07) is 17.5. The second kappa shape index (κ2) is 7.09. The normalized spacial score (nSPS) is 16.8. The van der Waals surface area contributed by atoms with Crippen LogP contribution in [0.1, 0.15) is 18.4 Å². The first-order valence-corrected chi connectivity index (χ1v) is 10.4. The Bertz CT molecular complexity index is 944. The van der Waals surface area contributed by atoms with E-state index in [9.17, 15) is 8.42 Å². The monoisotopic (exact) mass is 370 g/mol. The average molecular weight is 370 g/mol. The smallest absolute Gasteiger partial charge is 0.218 e. The predicted octanol–water partition coefficient (Wildman–Crippen LogP) is 2.97. The molecule has 0 atom stereocenters. The van der Waals surface area contributed by atoms with Crippen LogP contribution < -0.4 is 5.32 Å². The van der Waals surface area contributed by atoms with E-state index in [1.165, 1.54) is 0 Å². The van der Waals surface area contributed by atoms with Gasteiger partial charge in [-0.25, -0.2) is 17.7 Å². The van der Waals surface area contributed by atoms with Crippen LogP contribution in [-0.2, 0) is 15.8 Å². The Balaban J connectivity index is 1.36. The third kappa shape index (κ3) is 3.73. The molecule has 1 aliphatic heterocycles. The number of fused-ring (bicyclic) bond motifs is 1. The van der Waals surface area contributed by atoms with Gasteiger partial charge in [0.05, 0.1) is 16.8 Å². The molecule has 0 spiro atoms. The maximum absolute atomic E-state index is 12.6. The van der Waals surface area contributed by atoms with Crippen LogP contribution in [0.2, 0.25) is 0 Å². The quantitative estimate of drug-likeness (QED) is 0.724. The van der Waals surface area contributed by atoms with Gasteiger partial charge in [0.15, 0.2) is 0 Å². The number of hydrogen-bond acceptors (Lipinski definition) is 4. The maximum atomic E-state index is 12.6. The lowest BCUT2D eigenvalue weighted by Gasteiger charge is -2.31. The summed E-state index contributed by atoms with van der Waals surface area (Å²) < 4.78 is 26.9. The van der Waals surface area contributed by atoms with Crippen molar-refractivity contribution in [3.05, 3.63) is 60.2 Å². The summed E-state index contributed by atoms with van der Waals surface area (Å²) in [4.78, 5) is 7.79. The lowest BCUT2D eigenvalue weighted by Crippen LogP contribution is -2.42. The van der Waals surface area contributed by atoms with Crippen LogP contribution in [0.4, 0.5) is 5.95 Å². The average Bonchev–Trinajstić information content (AvgIpc) is 3.05.